The second kappa shape index (κ2) is 11.0. The third kappa shape index (κ3) is 6.14. The number of carboxylic acids is 1. The summed E-state index contributed by atoms with van der Waals surface area (Å²) in [6.45, 7) is 1.64. The lowest BCUT2D eigenvalue weighted by molar-refractivity contribution is -0.141. The van der Waals surface area contributed by atoms with Gasteiger partial charge < -0.3 is 15.2 Å². The Morgan fingerprint density at radius 2 is 1.86 bits per heavy atom. The molecule has 3 aromatic rings. The van der Waals surface area contributed by atoms with Gasteiger partial charge in [0.15, 0.2) is 0 Å². The standard InChI is InChI=1S/C25H29N5O5/c1-17(22(31)32)15-30-24(33)28-23(29(25(30)34)16-18-7-3-2-4-8-18)27-19-10-12-20(13-11-19)35-21-9-5-6-14-26-21/h5-6,9-14,17-18H,2-4,7-8,15-16H2,1H3,(H,31,32)(H,27,28,33)/t17-/m0/s1. The van der Waals surface area contributed by atoms with E-state index in [1.807, 2.05) is 6.07 Å². The van der Waals surface area contributed by atoms with Crippen molar-refractivity contribution in [1.82, 2.24) is 19.1 Å². The molecular formula is C25H29N5O5. The van der Waals surface area contributed by atoms with Gasteiger partial charge in [-0.3, -0.25) is 9.36 Å². The molecule has 184 valence electrons. The number of aromatic nitrogens is 4. The molecule has 10 nitrogen and oxygen atoms in total. The van der Waals surface area contributed by atoms with E-state index in [0.717, 1.165) is 30.3 Å². The molecule has 1 aliphatic rings. The highest BCUT2D eigenvalue weighted by Crippen LogP contribution is 2.26. The zero-order valence-electron chi connectivity index (χ0n) is 19.6. The van der Waals surface area contributed by atoms with Crippen molar-refractivity contribution < 1.29 is 14.6 Å². The van der Waals surface area contributed by atoms with E-state index < -0.39 is 23.3 Å². The number of pyridine rings is 1. The van der Waals surface area contributed by atoms with Gasteiger partial charge in [-0.1, -0.05) is 32.3 Å². The summed E-state index contributed by atoms with van der Waals surface area (Å²) in [5.74, 6) is -0.486. The topological polar surface area (TPSA) is 128 Å². The average molecular weight is 480 g/mol. The first-order valence-electron chi connectivity index (χ1n) is 11.8. The normalized spacial score (nSPS) is 14.9. The fourth-order valence-corrected chi connectivity index (χ4v) is 4.19. The van der Waals surface area contributed by atoms with Gasteiger partial charge in [0.25, 0.3) is 0 Å². The van der Waals surface area contributed by atoms with Gasteiger partial charge in [-0.25, -0.2) is 19.1 Å². The van der Waals surface area contributed by atoms with Crippen LogP contribution in [0.25, 0.3) is 0 Å². The van der Waals surface area contributed by atoms with E-state index in [1.165, 1.54) is 17.9 Å². The average Bonchev–Trinajstić information content (AvgIpc) is 2.86. The summed E-state index contributed by atoms with van der Waals surface area (Å²) in [4.78, 5) is 45.6. The van der Waals surface area contributed by atoms with E-state index >= 15 is 0 Å². The minimum absolute atomic E-state index is 0.142. The number of carboxylic acid groups (broad SMARTS) is 1. The maximum absolute atomic E-state index is 13.3. The molecule has 2 N–H and O–H groups in total. The monoisotopic (exact) mass is 479 g/mol. The van der Waals surface area contributed by atoms with Crippen molar-refractivity contribution in [3.05, 3.63) is 69.6 Å². The number of hydrogen-bond donors (Lipinski definition) is 2. The Morgan fingerprint density at radius 3 is 2.51 bits per heavy atom. The summed E-state index contributed by atoms with van der Waals surface area (Å²) in [5, 5.41) is 12.3. The molecule has 0 amide bonds. The molecule has 2 heterocycles. The molecule has 4 rings (SSSR count). The molecule has 1 aliphatic carbocycles. The summed E-state index contributed by atoms with van der Waals surface area (Å²) in [6.07, 6.45) is 7.01. The van der Waals surface area contributed by atoms with Crippen molar-refractivity contribution in [2.75, 3.05) is 5.32 Å². The van der Waals surface area contributed by atoms with Crippen LogP contribution in [0.1, 0.15) is 39.0 Å². The predicted octanol–water partition coefficient (Wildman–Crippen LogP) is 3.64. The molecule has 0 bridgehead atoms. The van der Waals surface area contributed by atoms with Crippen LogP contribution in [0.5, 0.6) is 11.6 Å². The van der Waals surface area contributed by atoms with Gasteiger partial charge in [0.2, 0.25) is 11.8 Å². The molecule has 35 heavy (non-hydrogen) atoms. The summed E-state index contributed by atoms with van der Waals surface area (Å²) in [6, 6.07) is 12.4. The lowest BCUT2D eigenvalue weighted by atomic mass is 9.89. The number of rotatable bonds is 9. The van der Waals surface area contributed by atoms with Crippen LogP contribution < -0.4 is 21.4 Å². The first-order valence-corrected chi connectivity index (χ1v) is 11.8. The van der Waals surface area contributed by atoms with Crippen molar-refractivity contribution in [2.24, 2.45) is 11.8 Å². The fraction of sp³-hybridized carbons (Fsp3) is 0.400. The van der Waals surface area contributed by atoms with E-state index in [0.29, 0.717) is 29.8 Å². The molecule has 2 aromatic heterocycles. The molecule has 0 spiro atoms. The third-order valence-electron chi connectivity index (χ3n) is 6.16. The Bertz CT molecular complexity index is 1260. The molecule has 0 radical (unpaired) electrons. The largest absolute Gasteiger partial charge is 0.481 e. The van der Waals surface area contributed by atoms with Gasteiger partial charge in [0, 0.05) is 31.0 Å². The number of anilines is 2. The van der Waals surface area contributed by atoms with E-state index in [1.54, 1.807) is 42.6 Å². The number of hydrogen-bond acceptors (Lipinski definition) is 7. The number of ether oxygens (including phenoxy) is 1. The Balaban J connectivity index is 1.61. The van der Waals surface area contributed by atoms with Crippen molar-refractivity contribution >= 4 is 17.6 Å². The first kappa shape index (κ1) is 24.2. The fourth-order valence-electron chi connectivity index (χ4n) is 4.19. The van der Waals surface area contributed by atoms with Crippen molar-refractivity contribution in [2.45, 2.75) is 52.1 Å². The zero-order valence-corrected chi connectivity index (χ0v) is 19.6. The molecule has 0 unspecified atom stereocenters. The maximum Gasteiger partial charge on any atom is 0.354 e. The number of nitrogens with zero attached hydrogens (tertiary/aromatic N) is 4. The molecule has 0 saturated heterocycles. The van der Waals surface area contributed by atoms with Crippen LogP contribution in [0.4, 0.5) is 11.6 Å². The van der Waals surface area contributed by atoms with Crippen molar-refractivity contribution in [3.8, 4) is 11.6 Å². The Morgan fingerprint density at radius 1 is 1.11 bits per heavy atom. The molecule has 1 fully saturated rings. The van der Waals surface area contributed by atoms with Gasteiger partial charge >= 0.3 is 17.3 Å². The van der Waals surface area contributed by atoms with E-state index in [9.17, 15) is 19.5 Å². The van der Waals surface area contributed by atoms with E-state index in [-0.39, 0.29) is 12.5 Å². The second-order valence-electron chi connectivity index (χ2n) is 8.88. The SMILES string of the molecule is C[C@@H](Cn1c(=O)nc(Nc2ccc(Oc3ccccn3)cc2)n(CC2CCCCC2)c1=O)C(=O)O. The van der Waals surface area contributed by atoms with Gasteiger partial charge in [0.1, 0.15) is 5.75 Å². The lowest BCUT2D eigenvalue weighted by Gasteiger charge is -2.24. The van der Waals surface area contributed by atoms with E-state index in [4.69, 9.17) is 4.74 Å². The molecule has 1 saturated carbocycles. The van der Waals surface area contributed by atoms with Crippen LogP contribution in [-0.2, 0) is 17.9 Å². The second-order valence-corrected chi connectivity index (χ2v) is 8.88. The summed E-state index contributed by atoms with van der Waals surface area (Å²) < 4.78 is 8.08. The van der Waals surface area contributed by atoms with Gasteiger partial charge in [-0.15, -0.1) is 0 Å². The highest BCUT2D eigenvalue weighted by molar-refractivity contribution is 5.69. The molecule has 10 heteroatoms. The summed E-state index contributed by atoms with van der Waals surface area (Å²) in [5.41, 5.74) is -0.708. The Kier molecular flexibility index (Phi) is 7.59. The van der Waals surface area contributed by atoms with Crippen LogP contribution in [0.2, 0.25) is 0 Å². The summed E-state index contributed by atoms with van der Waals surface area (Å²) >= 11 is 0. The van der Waals surface area contributed by atoms with Gasteiger partial charge in [0.05, 0.1) is 5.92 Å². The highest BCUT2D eigenvalue weighted by atomic mass is 16.5. The minimum atomic E-state index is -1.08. The Hall–Kier alpha value is -3.95. The molecular weight excluding hydrogens is 450 g/mol. The number of nitrogens with one attached hydrogen (secondary N) is 1. The van der Waals surface area contributed by atoms with Gasteiger partial charge in [-0.2, -0.15) is 4.98 Å². The maximum atomic E-state index is 13.3. The minimum Gasteiger partial charge on any atom is -0.481 e. The van der Waals surface area contributed by atoms with Crippen LogP contribution in [-0.4, -0.2) is 30.2 Å². The van der Waals surface area contributed by atoms with Crippen LogP contribution in [0.15, 0.2) is 58.3 Å². The van der Waals surface area contributed by atoms with Crippen LogP contribution in [0, 0.1) is 11.8 Å². The summed E-state index contributed by atoms with van der Waals surface area (Å²) in [7, 11) is 0. The third-order valence-corrected chi connectivity index (χ3v) is 6.16. The number of aliphatic carboxylic acids is 1. The van der Waals surface area contributed by atoms with Crippen LogP contribution in [0.3, 0.4) is 0 Å². The smallest absolute Gasteiger partial charge is 0.354 e. The van der Waals surface area contributed by atoms with Crippen LogP contribution >= 0.6 is 0 Å². The predicted molar refractivity (Wildman–Crippen MR) is 130 cm³/mol. The van der Waals surface area contributed by atoms with Crippen molar-refractivity contribution in [1.29, 1.82) is 0 Å². The first-order chi connectivity index (χ1) is 16.9. The lowest BCUT2D eigenvalue weighted by Crippen LogP contribution is -2.45. The highest BCUT2D eigenvalue weighted by Gasteiger charge is 2.22. The number of benzene rings is 1. The molecule has 0 aliphatic heterocycles. The zero-order chi connectivity index (χ0) is 24.8. The quantitative estimate of drug-likeness (QED) is 0.476. The van der Waals surface area contributed by atoms with Crippen molar-refractivity contribution in [3.63, 3.8) is 0 Å². The molecule has 1 aromatic carbocycles. The van der Waals surface area contributed by atoms with Gasteiger partial charge in [-0.05, 0) is 49.1 Å². The molecule has 1 atom stereocenters. The van der Waals surface area contributed by atoms with E-state index in [2.05, 4.69) is 15.3 Å². The Labute approximate surface area is 202 Å². The number of carbonyl (C=O) groups is 1.